The lowest BCUT2D eigenvalue weighted by atomic mass is 10.1. The van der Waals surface area contributed by atoms with Crippen LogP contribution in [-0.4, -0.2) is 31.7 Å². The van der Waals surface area contributed by atoms with Crippen molar-refractivity contribution in [2.45, 2.75) is 33.0 Å². The molecular weight excluding hydrogens is 472 g/mol. The second-order valence-electron chi connectivity index (χ2n) is 7.64. The molecule has 4 rings (SSSR count). The summed E-state index contributed by atoms with van der Waals surface area (Å²) in [4.78, 5) is 28.7. The Morgan fingerprint density at radius 3 is 2.57 bits per heavy atom. The molecule has 0 aliphatic rings. The monoisotopic (exact) mass is 490 g/mol. The molecule has 0 unspecified atom stereocenters. The SMILES string of the molecule is CCc1cc(Cn2nc(C(F)(F)F)c(NC(=O)c3cc(C(N)=O)nc4cc(F)ccc34)c2C)on1. The smallest absolute Gasteiger partial charge is 0.364 e. The number of nitrogens with one attached hydrogen (secondary N) is 1. The summed E-state index contributed by atoms with van der Waals surface area (Å²) in [6.07, 6.45) is -4.32. The topological polar surface area (TPSA) is 129 Å². The highest BCUT2D eigenvalue weighted by molar-refractivity contribution is 6.14. The Morgan fingerprint density at radius 2 is 1.94 bits per heavy atom. The van der Waals surface area contributed by atoms with Crippen LogP contribution < -0.4 is 11.1 Å². The third-order valence-corrected chi connectivity index (χ3v) is 5.26. The number of amides is 2. The number of benzene rings is 1. The van der Waals surface area contributed by atoms with Gasteiger partial charge in [-0.3, -0.25) is 14.3 Å². The Balaban J connectivity index is 1.77. The molecule has 0 aliphatic heterocycles. The highest BCUT2D eigenvalue weighted by atomic mass is 19.4. The maximum Gasteiger partial charge on any atom is 0.437 e. The number of carbonyl (C=O) groups is 2. The summed E-state index contributed by atoms with van der Waals surface area (Å²) in [7, 11) is 0. The number of nitrogens with two attached hydrogens (primary N) is 1. The number of aromatic nitrogens is 4. The lowest BCUT2D eigenvalue weighted by molar-refractivity contribution is -0.140. The van der Waals surface area contributed by atoms with Crippen LogP contribution in [0.5, 0.6) is 0 Å². The Kier molecular flexibility index (Phi) is 6.01. The van der Waals surface area contributed by atoms with Gasteiger partial charge in [-0.1, -0.05) is 12.1 Å². The summed E-state index contributed by atoms with van der Waals surface area (Å²) in [6, 6.07) is 5.89. The molecule has 2 amide bonds. The molecule has 0 spiro atoms. The molecule has 0 aliphatic carbocycles. The minimum Gasteiger partial charge on any atom is -0.364 e. The Hall–Kier alpha value is -4.29. The molecule has 4 aromatic rings. The van der Waals surface area contributed by atoms with Crippen molar-refractivity contribution in [2.24, 2.45) is 5.73 Å². The quantitative estimate of drug-likeness (QED) is 0.395. The van der Waals surface area contributed by atoms with E-state index < -0.39 is 35.2 Å². The zero-order valence-electron chi connectivity index (χ0n) is 18.4. The minimum atomic E-state index is -4.89. The van der Waals surface area contributed by atoms with Crippen molar-refractivity contribution in [1.82, 2.24) is 19.9 Å². The summed E-state index contributed by atoms with van der Waals surface area (Å²) < 4.78 is 61.2. The number of carbonyl (C=O) groups excluding carboxylic acids is 2. The van der Waals surface area contributed by atoms with Gasteiger partial charge in [-0.05, 0) is 31.5 Å². The number of rotatable bonds is 6. The third kappa shape index (κ3) is 4.69. The lowest BCUT2D eigenvalue weighted by Gasteiger charge is -2.11. The van der Waals surface area contributed by atoms with Gasteiger partial charge >= 0.3 is 6.18 Å². The normalized spacial score (nSPS) is 11.7. The number of aryl methyl sites for hydroxylation is 1. The molecule has 1 aromatic carbocycles. The van der Waals surface area contributed by atoms with E-state index in [0.717, 1.165) is 22.9 Å². The molecule has 182 valence electrons. The zero-order valence-corrected chi connectivity index (χ0v) is 18.4. The fraction of sp³-hybridized carbons (Fsp3) is 0.227. The average molecular weight is 490 g/mol. The van der Waals surface area contributed by atoms with E-state index in [1.165, 1.54) is 13.0 Å². The molecule has 3 N–H and O–H groups in total. The van der Waals surface area contributed by atoms with Crippen LogP contribution in [0.4, 0.5) is 23.2 Å². The molecule has 0 bridgehead atoms. The second kappa shape index (κ2) is 8.81. The molecule has 0 saturated carbocycles. The van der Waals surface area contributed by atoms with E-state index in [2.05, 4.69) is 20.6 Å². The van der Waals surface area contributed by atoms with Crippen LogP contribution in [0.2, 0.25) is 0 Å². The number of fused-ring (bicyclic) bond motifs is 1. The molecule has 35 heavy (non-hydrogen) atoms. The van der Waals surface area contributed by atoms with Crippen molar-refractivity contribution >= 4 is 28.4 Å². The Bertz CT molecular complexity index is 1460. The van der Waals surface area contributed by atoms with Crippen LogP contribution in [0.25, 0.3) is 10.9 Å². The molecule has 0 atom stereocenters. The van der Waals surface area contributed by atoms with E-state index in [1.54, 1.807) is 6.07 Å². The maximum absolute atomic E-state index is 13.8. The summed E-state index contributed by atoms with van der Waals surface area (Å²) in [5.74, 6) is -2.39. The highest BCUT2D eigenvalue weighted by Crippen LogP contribution is 2.36. The van der Waals surface area contributed by atoms with Crippen LogP contribution in [0.15, 0.2) is 34.9 Å². The predicted octanol–water partition coefficient (Wildman–Crippen LogP) is 3.85. The molecule has 13 heteroatoms. The number of halogens is 4. The number of pyridine rings is 1. The fourth-order valence-electron chi connectivity index (χ4n) is 3.49. The first-order valence-corrected chi connectivity index (χ1v) is 10.3. The molecule has 0 fully saturated rings. The summed E-state index contributed by atoms with van der Waals surface area (Å²) in [5, 5.41) is 9.78. The van der Waals surface area contributed by atoms with Crippen molar-refractivity contribution in [3.8, 4) is 0 Å². The van der Waals surface area contributed by atoms with Gasteiger partial charge in [0, 0.05) is 17.5 Å². The van der Waals surface area contributed by atoms with Gasteiger partial charge in [0.05, 0.1) is 28.2 Å². The molecule has 9 nitrogen and oxygen atoms in total. The number of hydrogen-bond donors (Lipinski definition) is 2. The molecule has 0 radical (unpaired) electrons. The lowest BCUT2D eigenvalue weighted by Crippen LogP contribution is -2.19. The van der Waals surface area contributed by atoms with Crippen LogP contribution in [-0.2, 0) is 19.1 Å². The summed E-state index contributed by atoms with van der Waals surface area (Å²) >= 11 is 0. The van der Waals surface area contributed by atoms with Gasteiger partial charge in [0.1, 0.15) is 18.1 Å². The number of anilines is 1. The van der Waals surface area contributed by atoms with Crippen LogP contribution >= 0.6 is 0 Å². The highest BCUT2D eigenvalue weighted by Gasteiger charge is 2.39. The first-order valence-electron chi connectivity index (χ1n) is 10.3. The molecule has 3 heterocycles. The van der Waals surface area contributed by atoms with E-state index in [9.17, 15) is 27.2 Å². The van der Waals surface area contributed by atoms with Crippen molar-refractivity contribution in [1.29, 1.82) is 0 Å². The largest absolute Gasteiger partial charge is 0.437 e. The first-order chi connectivity index (χ1) is 16.5. The summed E-state index contributed by atoms with van der Waals surface area (Å²) in [6.45, 7) is 3.04. The molecular formula is C22H18F4N6O3. The number of nitrogens with zero attached hydrogens (tertiary/aromatic N) is 4. The Morgan fingerprint density at radius 1 is 1.20 bits per heavy atom. The van der Waals surface area contributed by atoms with E-state index in [4.69, 9.17) is 10.3 Å². The molecule has 0 saturated heterocycles. The van der Waals surface area contributed by atoms with Crippen molar-refractivity contribution in [3.05, 3.63) is 70.2 Å². The maximum atomic E-state index is 13.8. The predicted molar refractivity (Wildman–Crippen MR) is 115 cm³/mol. The first kappa shape index (κ1) is 23.9. The van der Waals surface area contributed by atoms with Gasteiger partial charge in [-0.15, -0.1) is 0 Å². The third-order valence-electron chi connectivity index (χ3n) is 5.26. The van der Waals surface area contributed by atoms with Gasteiger partial charge in [0.25, 0.3) is 11.8 Å². The Labute approximate surface area is 194 Å². The second-order valence-corrected chi connectivity index (χ2v) is 7.64. The number of primary amides is 1. The van der Waals surface area contributed by atoms with E-state index in [-0.39, 0.29) is 40.2 Å². The number of alkyl halides is 3. The van der Waals surface area contributed by atoms with Crippen molar-refractivity contribution < 1.29 is 31.7 Å². The minimum absolute atomic E-state index is 0.000320. The van der Waals surface area contributed by atoms with E-state index in [1.807, 2.05) is 6.92 Å². The van der Waals surface area contributed by atoms with Crippen LogP contribution in [0, 0.1) is 12.7 Å². The van der Waals surface area contributed by atoms with Crippen molar-refractivity contribution in [2.75, 3.05) is 5.32 Å². The molecule has 3 aromatic heterocycles. The van der Waals surface area contributed by atoms with Gasteiger partial charge in [-0.2, -0.15) is 18.3 Å². The van der Waals surface area contributed by atoms with E-state index in [0.29, 0.717) is 12.1 Å². The van der Waals surface area contributed by atoms with Gasteiger partial charge in [0.2, 0.25) is 0 Å². The number of hydrogen-bond acceptors (Lipinski definition) is 6. The van der Waals surface area contributed by atoms with E-state index >= 15 is 0 Å². The average Bonchev–Trinajstić information content (AvgIpc) is 3.37. The standard InChI is InChI=1S/C22H18F4N6O3/c1-3-12-7-13(35-31-12)9-32-10(2)18(19(30-32)22(24,25)26)29-21(34)15-8-17(20(27)33)28-16-6-11(23)4-5-14(15)16/h4-8H,3,9H2,1-2H3,(H2,27,33)(H,29,34). The van der Waals surface area contributed by atoms with Gasteiger partial charge in [-0.25, -0.2) is 9.37 Å². The zero-order chi connectivity index (χ0) is 25.5. The van der Waals surface area contributed by atoms with Crippen molar-refractivity contribution in [3.63, 3.8) is 0 Å². The van der Waals surface area contributed by atoms with Crippen LogP contribution in [0.3, 0.4) is 0 Å². The fourth-order valence-corrected chi connectivity index (χ4v) is 3.49. The van der Waals surface area contributed by atoms with Crippen LogP contribution in [0.1, 0.15) is 50.6 Å². The van der Waals surface area contributed by atoms with Gasteiger partial charge < -0.3 is 15.6 Å². The summed E-state index contributed by atoms with van der Waals surface area (Å²) in [5.41, 5.74) is 3.35. The van der Waals surface area contributed by atoms with Gasteiger partial charge in [0.15, 0.2) is 11.5 Å².